The third-order valence-electron chi connectivity index (χ3n) is 10.0. The lowest BCUT2D eigenvalue weighted by atomic mass is 9.97. The van der Waals surface area contributed by atoms with E-state index in [0.29, 0.717) is 79.9 Å². The highest BCUT2D eigenvalue weighted by molar-refractivity contribution is 6.76. The number of piperidine rings is 1. The number of hydrogen-bond donors (Lipinski definition) is 0. The van der Waals surface area contributed by atoms with E-state index in [1.165, 1.54) is 12.1 Å². The maximum absolute atomic E-state index is 14.3. The fraction of sp³-hybridized carbons (Fsp3) is 0.575. The monoisotopic (exact) mass is 791 g/mol. The van der Waals surface area contributed by atoms with Crippen LogP contribution < -0.4 is 9.80 Å². The first-order valence-electron chi connectivity index (χ1n) is 19.5. The number of halogens is 1. The smallest absolute Gasteiger partial charge is 0.410 e. The van der Waals surface area contributed by atoms with Crippen molar-refractivity contribution in [2.45, 2.75) is 109 Å². The van der Waals surface area contributed by atoms with Crippen LogP contribution in [-0.2, 0) is 25.4 Å². The number of carbonyl (C=O) groups is 2. The molecule has 0 N–H and O–H groups in total. The lowest BCUT2D eigenvalue weighted by Crippen LogP contribution is -2.51. The van der Waals surface area contributed by atoms with E-state index in [1.54, 1.807) is 23.4 Å². The number of amides is 2. The minimum absolute atomic E-state index is 0.000692. The third-order valence-corrected chi connectivity index (χ3v) is 13.4. The summed E-state index contributed by atoms with van der Waals surface area (Å²) in [6, 6.07) is 8.31. The molecule has 298 valence electrons. The normalized spacial score (nSPS) is 15.9. The van der Waals surface area contributed by atoms with Crippen LogP contribution in [0.2, 0.25) is 51.4 Å². The molecule has 2 amide bonds. The summed E-state index contributed by atoms with van der Waals surface area (Å²) >= 11 is 0. The van der Waals surface area contributed by atoms with Crippen LogP contribution in [0.15, 0.2) is 36.7 Å². The Morgan fingerprint density at radius 2 is 1.60 bits per heavy atom. The molecule has 0 spiro atoms. The summed E-state index contributed by atoms with van der Waals surface area (Å²) in [5.74, 6) is 1.02. The molecule has 1 fully saturated rings. The molecule has 0 saturated carbocycles. The highest BCUT2D eigenvalue weighted by Crippen LogP contribution is 2.40. The summed E-state index contributed by atoms with van der Waals surface area (Å²) in [6.45, 7) is 22.3. The molecule has 1 saturated heterocycles. The SMILES string of the molecule is CC(C)(C)OC(=O)N1CCC(N2C(=O)CCc3c2nc2c(-c4cnc5ccc(F)cc5c4)cnn2c3N(COCC[Si](C)(C)C)COCC[Si](C)(C)C)CC1. The van der Waals surface area contributed by atoms with Crippen molar-refractivity contribution < 1.29 is 28.2 Å². The summed E-state index contributed by atoms with van der Waals surface area (Å²) in [6.07, 6.45) is 5.14. The Kier molecular flexibility index (Phi) is 12.1. The van der Waals surface area contributed by atoms with Gasteiger partial charge < -0.3 is 24.0 Å². The lowest BCUT2D eigenvalue weighted by molar-refractivity contribution is -0.119. The standard InChI is InChI=1S/C40H58FN7O5Si2/c1-40(2,3)53-39(50)45-16-14-31(15-17-45)47-35(49)13-11-32-36(47)44-37-33(29-22-28-23-30(41)10-12-34(28)42-24-29)25-43-48(37)38(32)46(26-51-18-20-54(4,5)6)27-52-19-21-55(7,8)9/h10,12,22-25,31H,11,13-21,26-27H2,1-9H3. The molecule has 0 unspecified atom stereocenters. The van der Waals surface area contributed by atoms with Gasteiger partial charge >= 0.3 is 6.09 Å². The molecule has 55 heavy (non-hydrogen) atoms. The maximum Gasteiger partial charge on any atom is 0.410 e. The summed E-state index contributed by atoms with van der Waals surface area (Å²) in [5.41, 5.74) is 2.97. The van der Waals surface area contributed by atoms with Gasteiger partial charge in [0.1, 0.15) is 36.5 Å². The van der Waals surface area contributed by atoms with Crippen LogP contribution in [0.1, 0.15) is 45.6 Å². The first kappa shape index (κ1) is 40.7. The molecular weight excluding hydrogens is 734 g/mol. The van der Waals surface area contributed by atoms with E-state index in [9.17, 15) is 14.0 Å². The van der Waals surface area contributed by atoms with Crippen molar-refractivity contribution in [2.75, 3.05) is 49.6 Å². The van der Waals surface area contributed by atoms with Gasteiger partial charge in [0.05, 0.1) is 11.7 Å². The molecule has 3 aromatic heterocycles. The average Bonchev–Trinajstić information content (AvgIpc) is 3.52. The predicted molar refractivity (Wildman–Crippen MR) is 221 cm³/mol. The average molecular weight is 792 g/mol. The Hall–Kier alpha value is -3.93. The minimum Gasteiger partial charge on any atom is -0.444 e. The molecule has 2 aliphatic rings. The molecule has 0 atom stereocenters. The maximum atomic E-state index is 14.3. The second-order valence-electron chi connectivity index (χ2n) is 18.3. The molecule has 1 aromatic carbocycles. The van der Waals surface area contributed by atoms with Gasteiger partial charge in [0.15, 0.2) is 5.65 Å². The highest BCUT2D eigenvalue weighted by atomic mass is 28.3. The van der Waals surface area contributed by atoms with E-state index < -0.39 is 21.7 Å². The van der Waals surface area contributed by atoms with E-state index in [1.807, 2.05) is 36.3 Å². The van der Waals surface area contributed by atoms with E-state index in [0.717, 1.165) is 29.0 Å². The third kappa shape index (κ3) is 10.1. The predicted octanol–water partition coefficient (Wildman–Crippen LogP) is 8.19. The molecule has 0 radical (unpaired) electrons. The number of fused-ring (bicyclic) bond motifs is 3. The molecule has 5 heterocycles. The molecular formula is C40H58FN7O5Si2. The molecule has 0 bridgehead atoms. The van der Waals surface area contributed by atoms with Gasteiger partial charge in [-0.05, 0) is 76.4 Å². The number of nitrogens with zero attached hydrogens (tertiary/aromatic N) is 7. The van der Waals surface area contributed by atoms with Crippen LogP contribution in [0.4, 0.5) is 20.8 Å². The van der Waals surface area contributed by atoms with Crippen LogP contribution in [0.5, 0.6) is 0 Å². The van der Waals surface area contributed by atoms with Crippen LogP contribution in [0.3, 0.4) is 0 Å². The molecule has 2 aliphatic heterocycles. The van der Waals surface area contributed by atoms with E-state index >= 15 is 0 Å². The fourth-order valence-corrected chi connectivity index (χ4v) is 8.46. The minimum atomic E-state index is -1.35. The Morgan fingerprint density at radius 1 is 0.945 bits per heavy atom. The molecule has 0 aliphatic carbocycles. The molecule has 12 nitrogen and oxygen atoms in total. The fourth-order valence-electron chi connectivity index (χ4n) is 6.95. The topological polar surface area (TPSA) is 115 Å². The number of rotatable bonds is 13. The second kappa shape index (κ2) is 16.3. The van der Waals surface area contributed by atoms with Crippen LogP contribution in [0, 0.1) is 5.82 Å². The summed E-state index contributed by atoms with van der Waals surface area (Å²) in [4.78, 5) is 42.5. The zero-order valence-electron chi connectivity index (χ0n) is 34.1. The van der Waals surface area contributed by atoms with Crippen molar-refractivity contribution in [3.8, 4) is 11.1 Å². The lowest BCUT2D eigenvalue weighted by Gasteiger charge is -2.41. The van der Waals surface area contributed by atoms with Gasteiger partial charge in [-0.2, -0.15) is 9.61 Å². The quantitative estimate of drug-likeness (QED) is 0.0751. The first-order chi connectivity index (χ1) is 25.9. The van der Waals surface area contributed by atoms with Gasteiger partial charge in [-0.3, -0.25) is 14.7 Å². The van der Waals surface area contributed by atoms with E-state index in [2.05, 4.69) is 49.2 Å². The van der Waals surface area contributed by atoms with E-state index in [-0.39, 0.29) is 37.3 Å². The van der Waals surface area contributed by atoms with Crippen LogP contribution in [-0.4, -0.2) is 104 Å². The number of anilines is 2. The van der Waals surface area contributed by atoms with Gasteiger partial charge in [0.25, 0.3) is 0 Å². The number of carbonyl (C=O) groups excluding carboxylic acids is 2. The molecule has 15 heteroatoms. The number of ether oxygens (including phenoxy) is 3. The highest BCUT2D eigenvalue weighted by Gasteiger charge is 2.38. The zero-order valence-corrected chi connectivity index (χ0v) is 36.1. The zero-order chi connectivity index (χ0) is 39.7. The van der Waals surface area contributed by atoms with Crippen molar-refractivity contribution in [1.29, 1.82) is 0 Å². The van der Waals surface area contributed by atoms with Crippen LogP contribution >= 0.6 is 0 Å². The number of hydrogen-bond acceptors (Lipinski definition) is 9. The summed E-state index contributed by atoms with van der Waals surface area (Å²) < 4.78 is 34.6. The number of likely N-dealkylation sites (tertiary alicyclic amines) is 1. The molecule has 6 rings (SSSR count). The van der Waals surface area contributed by atoms with Gasteiger partial charge in [-0.15, -0.1) is 0 Å². The Labute approximate surface area is 326 Å². The van der Waals surface area contributed by atoms with E-state index in [4.69, 9.17) is 24.3 Å². The first-order valence-corrected chi connectivity index (χ1v) is 26.9. The Balaban J connectivity index is 1.43. The van der Waals surface area contributed by atoms with Crippen molar-refractivity contribution in [3.05, 3.63) is 48.0 Å². The van der Waals surface area contributed by atoms with Gasteiger partial charge in [0, 0.05) is 83.2 Å². The number of benzene rings is 1. The van der Waals surface area contributed by atoms with Gasteiger partial charge in [0.2, 0.25) is 5.91 Å². The summed E-state index contributed by atoms with van der Waals surface area (Å²) in [5, 5.41) is 5.59. The van der Waals surface area contributed by atoms with Crippen molar-refractivity contribution in [3.63, 3.8) is 0 Å². The Bertz CT molecular complexity index is 1990. The second-order valence-corrected chi connectivity index (χ2v) is 29.5. The number of aromatic nitrogens is 4. The molecule has 4 aromatic rings. The number of pyridine rings is 1. The summed E-state index contributed by atoms with van der Waals surface area (Å²) in [7, 11) is -2.70. The van der Waals surface area contributed by atoms with Gasteiger partial charge in [-0.1, -0.05) is 39.3 Å². The van der Waals surface area contributed by atoms with Crippen LogP contribution in [0.25, 0.3) is 27.7 Å². The van der Waals surface area contributed by atoms with Crippen molar-refractivity contribution >= 4 is 56.3 Å². The van der Waals surface area contributed by atoms with Crippen molar-refractivity contribution in [2.24, 2.45) is 0 Å². The van der Waals surface area contributed by atoms with Gasteiger partial charge in [-0.25, -0.2) is 14.2 Å². The largest absolute Gasteiger partial charge is 0.444 e. The van der Waals surface area contributed by atoms with Crippen molar-refractivity contribution in [1.82, 2.24) is 24.5 Å². The Morgan fingerprint density at radius 3 is 2.22 bits per heavy atom.